The molecule has 51 heavy (non-hydrogen) atoms. The van der Waals surface area contributed by atoms with Crippen LogP contribution in [0.15, 0.2) is 187 Å². The Morgan fingerprint density at radius 2 is 1.14 bits per heavy atom. The predicted molar refractivity (Wildman–Crippen MR) is 213 cm³/mol. The van der Waals surface area contributed by atoms with Gasteiger partial charge in [-0.05, 0) is 40.5 Å². The molecule has 0 saturated carbocycles. The first-order valence-corrected chi connectivity index (χ1v) is 17.2. The molecule has 1 atom stereocenters. The second kappa shape index (κ2) is 14.1. The van der Waals surface area contributed by atoms with Gasteiger partial charge in [-0.2, -0.15) is 0 Å². The Bertz CT molecular complexity index is 2520. The number of allylic oxidation sites excluding steroid dienone is 1. The molecule has 0 amide bonds. The molecule has 8 rings (SSSR count). The number of amidine groups is 1. The molecule has 0 saturated heterocycles. The molecular weight excluding hydrogens is 621 g/mol. The highest BCUT2D eigenvalue weighted by Gasteiger charge is 2.15. The van der Waals surface area contributed by atoms with Gasteiger partial charge in [0.15, 0.2) is 0 Å². The van der Waals surface area contributed by atoms with E-state index < -0.39 is 0 Å². The van der Waals surface area contributed by atoms with E-state index in [0.717, 1.165) is 72.3 Å². The lowest BCUT2D eigenvalue weighted by atomic mass is 9.96. The van der Waals surface area contributed by atoms with Crippen LogP contribution in [0.3, 0.4) is 0 Å². The highest BCUT2D eigenvalue weighted by molar-refractivity contribution is 6.10. The minimum atomic E-state index is 0.147. The van der Waals surface area contributed by atoms with Crippen molar-refractivity contribution >= 4 is 33.3 Å². The van der Waals surface area contributed by atoms with Crippen LogP contribution in [0.5, 0.6) is 0 Å². The minimum absolute atomic E-state index is 0.147. The molecule has 0 spiro atoms. The number of hydrogen-bond acceptors (Lipinski definition) is 3. The van der Waals surface area contributed by atoms with E-state index in [0.29, 0.717) is 5.84 Å². The van der Waals surface area contributed by atoms with Crippen LogP contribution in [-0.2, 0) is 0 Å². The molecule has 0 aliphatic heterocycles. The normalized spacial score (nSPS) is 12.6. The number of hydrogen-bond donors (Lipinski definition) is 1. The molecule has 244 valence electrons. The highest BCUT2D eigenvalue weighted by atomic mass is 14.9. The summed E-state index contributed by atoms with van der Waals surface area (Å²) < 4.78 is 0. The van der Waals surface area contributed by atoms with Crippen molar-refractivity contribution in [2.45, 2.75) is 12.8 Å². The summed E-state index contributed by atoms with van der Waals surface area (Å²) in [5, 5.41) is 2.10. The van der Waals surface area contributed by atoms with Crippen LogP contribution < -0.4 is 5.73 Å². The molecule has 0 aliphatic carbocycles. The maximum atomic E-state index is 6.83. The smallest absolute Gasteiger partial charge is 0.131 e. The summed E-state index contributed by atoms with van der Waals surface area (Å²) in [7, 11) is 0. The molecule has 6 aromatic carbocycles. The van der Waals surface area contributed by atoms with Crippen molar-refractivity contribution in [1.82, 2.24) is 9.97 Å². The Morgan fingerprint density at radius 3 is 1.86 bits per heavy atom. The molecule has 2 N–H and O–H groups in total. The third kappa shape index (κ3) is 6.68. The molecule has 4 heteroatoms. The van der Waals surface area contributed by atoms with Crippen molar-refractivity contribution in [3.8, 4) is 33.6 Å². The third-order valence-electron chi connectivity index (χ3n) is 9.29. The lowest BCUT2D eigenvalue weighted by Crippen LogP contribution is -2.13. The van der Waals surface area contributed by atoms with Gasteiger partial charge in [-0.3, -0.25) is 0 Å². The fourth-order valence-electron chi connectivity index (χ4n) is 6.57. The Morgan fingerprint density at radius 1 is 0.549 bits per heavy atom. The van der Waals surface area contributed by atoms with E-state index in [2.05, 4.69) is 128 Å². The van der Waals surface area contributed by atoms with Crippen LogP contribution in [0.25, 0.3) is 61.1 Å². The van der Waals surface area contributed by atoms with Crippen LogP contribution in [0.2, 0.25) is 0 Å². The molecule has 8 aromatic rings. The summed E-state index contributed by atoms with van der Waals surface area (Å²) in [5.74, 6) is 0.587. The van der Waals surface area contributed by atoms with Crippen LogP contribution in [-0.4, -0.2) is 15.8 Å². The summed E-state index contributed by atoms with van der Waals surface area (Å²) in [6, 6.07) is 60.3. The van der Waals surface area contributed by atoms with E-state index >= 15 is 0 Å². The van der Waals surface area contributed by atoms with Crippen LogP contribution in [0.1, 0.15) is 29.5 Å². The van der Waals surface area contributed by atoms with Crippen LogP contribution in [0.4, 0.5) is 0 Å². The van der Waals surface area contributed by atoms with Gasteiger partial charge in [0.1, 0.15) is 5.84 Å². The number of aliphatic imine (C=N–C) groups is 1. The van der Waals surface area contributed by atoms with E-state index in [1.54, 1.807) is 0 Å². The average molecular weight is 657 g/mol. The predicted octanol–water partition coefficient (Wildman–Crippen LogP) is 11.3. The van der Waals surface area contributed by atoms with Gasteiger partial charge in [-0.1, -0.05) is 171 Å². The summed E-state index contributed by atoms with van der Waals surface area (Å²) in [5.41, 5.74) is 18.4. The lowest BCUT2D eigenvalue weighted by molar-refractivity contribution is 0.967. The van der Waals surface area contributed by atoms with Crippen molar-refractivity contribution in [3.05, 3.63) is 199 Å². The Kier molecular flexibility index (Phi) is 8.72. The number of nitrogens with zero attached hydrogens (tertiary/aromatic N) is 3. The fraction of sp³-hybridized carbons (Fsp3) is 0.0426. The first kappa shape index (κ1) is 31.6. The monoisotopic (exact) mass is 656 g/mol. The first-order valence-electron chi connectivity index (χ1n) is 17.2. The Labute approximate surface area is 298 Å². The zero-order chi connectivity index (χ0) is 34.6. The van der Waals surface area contributed by atoms with Crippen molar-refractivity contribution < 1.29 is 0 Å². The fourth-order valence-corrected chi connectivity index (χ4v) is 6.57. The average Bonchev–Trinajstić information content (AvgIpc) is 3.21. The van der Waals surface area contributed by atoms with Gasteiger partial charge in [-0.15, -0.1) is 0 Å². The van der Waals surface area contributed by atoms with Gasteiger partial charge >= 0.3 is 0 Å². The maximum absolute atomic E-state index is 6.83. The second-order valence-corrected chi connectivity index (χ2v) is 12.7. The van der Waals surface area contributed by atoms with Gasteiger partial charge in [0.25, 0.3) is 0 Å². The zero-order valence-electron chi connectivity index (χ0n) is 28.3. The number of benzene rings is 6. The van der Waals surface area contributed by atoms with Crippen LogP contribution >= 0.6 is 0 Å². The number of nitrogens with two attached hydrogens (primary N) is 1. The highest BCUT2D eigenvalue weighted by Crippen LogP contribution is 2.36. The van der Waals surface area contributed by atoms with E-state index in [1.807, 2.05) is 60.7 Å². The van der Waals surface area contributed by atoms with E-state index in [1.165, 1.54) is 5.56 Å². The number of aromatic nitrogens is 2. The molecular formula is C47H36N4. The molecule has 0 fully saturated rings. The van der Waals surface area contributed by atoms with Crippen molar-refractivity contribution in [2.75, 3.05) is 0 Å². The molecule has 1 unspecified atom stereocenters. The van der Waals surface area contributed by atoms with Gasteiger partial charge in [0, 0.05) is 33.4 Å². The topological polar surface area (TPSA) is 64.2 Å². The van der Waals surface area contributed by atoms with Gasteiger partial charge in [0.05, 0.1) is 28.1 Å². The molecule has 0 aliphatic rings. The summed E-state index contributed by atoms with van der Waals surface area (Å²) >= 11 is 0. The third-order valence-corrected chi connectivity index (χ3v) is 9.29. The van der Waals surface area contributed by atoms with Crippen molar-refractivity contribution in [2.24, 2.45) is 10.7 Å². The number of fused-ring (bicyclic) bond motifs is 3. The zero-order valence-corrected chi connectivity index (χ0v) is 28.3. The van der Waals surface area contributed by atoms with Crippen molar-refractivity contribution in [1.29, 1.82) is 0 Å². The summed E-state index contributed by atoms with van der Waals surface area (Å²) in [6.45, 7) is 2.18. The van der Waals surface area contributed by atoms with Gasteiger partial charge < -0.3 is 5.73 Å². The standard InChI is InChI=1S/C47H36N4/c1-32(33-15-6-2-7-16-33)29-43(36-21-12-5-13-22-36)51-47(48)39-24-14-23-38(30-39)44-31-41(34-17-8-3-9-18-34)40-27-25-37-26-28-42(35-19-10-4-11-20-35)49-45(37)46(40)50-44/h2-32H,1H3,(H2,48,51)/b43-29-. The lowest BCUT2D eigenvalue weighted by Gasteiger charge is -2.14. The molecule has 0 bridgehead atoms. The molecule has 2 heterocycles. The van der Waals surface area contributed by atoms with Crippen molar-refractivity contribution in [3.63, 3.8) is 0 Å². The maximum Gasteiger partial charge on any atom is 0.131 e. The Hall–Kier alpha value is -6.65. The quantitative estimate of drug-likeness (QED) is 0.101. The minimum Gasteiger partial charge on any atom is -0.383 e. The summed E-state index contributed by atoms with van der Waals surface area (Å²) in [6.07, 6.45) is 2.18. The van der Waals surface area contributed by atoms with E-state index in [-0.39, 0.29) is 5.92 Å². The number of rotatable bonds is 8. The molecule has 0 radical (unpaired) electrons. The van der Waals surface area contributed by atoms with E-state index in [4.69, 9.17) is 20.7 Å². The summed E-state index contributed by atoms with van der Waals surface area (Å²) in [4.78, 5) is 15.5. The SMILES string of the molecule is CC(/C=C(\N=C(/N)c1cccc(-c2cc(-c3ccccc3)c3ccc4ccc(-c5ccccc5)nc4c3n2)c1)c1ccccc1)c1ccccc1. The van der Waals surface area contributed by atoms with E-state index in [9.17, 15) is 0 Å². The molecule has 4 nitrogen and oxygen atoms in total. The molecule has 2 aromatic heterocycles. The first-order chi connectivity index (χ1) is 25.1. The Balaban J connectivity index is 1.26. The second-order valence-electron chi connectivity index (χ2n) is 12.7. The number of pyridine rings is 2. The van der Waals surface area contributed by atoms with Gasteiger partial charge in [-0.25, -0.2) is 15.0 Å². The largest absolute Gasteiger partial charge is 0.383 e. The van der Waals surface area contributed by atoms with Crippen LogP contribution in [0, 0.1) is 0 Å². The van der Waals surface area contributed by atoms with Gasteiger partial charge in [0.2, 0.25) is 0 Å².